The summed E-state index contributed by atoms with van der Waals surface area (Å²) in [6.07, 6.45) is 4.88. The lowest BCUT2D eigenvalue weighted by atomic mass is 10.1. The van der Waals surface area contributed by atoms with Crippen LogP contribution in [0.15, 0.2) is 55.0 Å². The molecule has 1 N–H and O–H groups in total. The Morgan fingerprint density at radius 3 is 2.20 bits per heavy atom. The van der Waals surface area contributed by atoms with Gasteiger partial charge in [-0.3, -0.25) is 9.97 Å². The first-order chi connectivity index (χ1) is 12.0. The number of carbonyl (C=O) groups is 1. The van der Waals surface area contributed by atoms with Crippen LogP contribution in [0.4, 0.5) is 20.2 Å². The molecule has 5 nitrogen and oxygen atoms in total. The summed E-state index contributed by atoms with van der Waals surface area (Å²) in [5.41, 5.74) is 1.44. The first kappa shape index (κ1) is 16.5. The zero-order valence-electron chi connectivity index (χ0n) is 13.1. The average molecular weight is 341 g/mol. The average Bonchev–Trinajstić information content (AvgIpc) is 2.61. The quantitative estimate of drug-likeness (QED) is 0.780. The van der Waals surface area contributed by atoms with E-state index in [0.717, 1.165) is 23.4 Å². The van der Waals surface area contributed by atoms with Gasteiger partial charge in [-0.25, -0.2) is 13.6 Å². The smallest absolute Gasteiger partial charge is 0.341 e. The molecular formula is C18H13F2N3O2. The van der Waals surface area contributed by atoms with Crippen LogP contribution in [0, 0.1) is 11.6 Å². The van der Waals surface area contributed by atoms with Gasteiger partial charge in [-0.2, -0.15) is 0 Å². The zero-order valence-corrected chi connectivity index (χ0v) is 13.1. The number of anilines is 2. The molecule has 2 aromatic heterocycles. The van der Waals surface area contributed by atoms with Crippen molar-refractivity contribution >= 4 is 17.3 Å². The van der Waals surface area contributed by atoms with Gasteiger partial charge in [0.05, 0.1) is 17.6 Å². The number of halogens is 2. The Balaban J connectivity index is 1.91. The zero-order chi connectivity index (χ0) is 18.0. The summed E-state index contributed by atoms with van der Waals surface area (Å²) >= 11 is 0. The molecule has 7 heteroatoms. The maximum Gasteiger partial charge on any atom is 0.341 e. The highest BCUT2D eigenvalue weighted by Crippen LogP contribution is 2.28. The van der Waals surface area contributed by atoms with Crippen molar-refractivity contribution in [3.05, 3.63) is 72.2 Å². The number of carboxylic acid groups (broad SMARTS) is 1. The van der Waals surface area contributed by atoms with E-state index in [1.807, 2.05) is 12.1 Å². The number of pyridine rings is 2. The SMILES string of the molecule is CN(c1ccc(-c2ccncc2)nc1)c1cc(F)c(C(=O)O)c(F)c1. The molecular weight excluding hydrogens is 328 g/mol. The van der Waals surface area contributed by atoms with Gasteiger partial charge in [0.25, 0.3) is 0 Å². The largest absolute Gasteiger partial charge is 0.477 e. The summed E-state index contributed by atoms with van der Waals surface area (Å²) in [4.78, 5) is 20.7. The third kappa shape index (κ3) is 3.30. The fraction of sp³-hybridized carbons (Fsp3) is 0.0556. The third-order valence-corrected chi connectivity index (χ3v) is 3.74. The minimum absolute atomic E-state index is 0.179. The number of aromatic carboxylic acids is 1. The van der Waals surface area contributed by atoms with Crippen LogP contribution in [0.3, 0.4) is 0 Å². The molecule has 0 fully saturated rings. The van der Waals surface area contributed by atoms with Crippen molar-refractivity contribution in [2.75, 3.05) is 11.9 Å². The molecule has 0 atom stereocenters. The highest BCUT2D eigenvalue weighted by Gasteiger charge is 2.19. The number of aromatic nitrogens is 2. The van der Waals surface area contributed by atoms with E-state index in [9.17, 15) is 13.6 Å². The van der Waals surface area contributed by atoms with Crippen molar-refractivity contribution in [2.45, 2.75) is 0 Å². The number of carboxylic acids is 1. The summed E-state index contributed by atoms with van der Waals surface area (Å²) < 4.78 is 27.7. The molecule has 0 saturated carbocycles. The minimum Gasteiger partial charge on any atom is -0.477 e. The Kier molecular flexibility index (Phi) is 4.38. The van der Waals surface area contributed by atoms with Gasteiger partial charge in [-0.05, 0) is 36.4 Å². The molecule has 0 bridgehead atoms. The fourth-order valence-electron chi connectivity index (χ4n) is 2.38. The van der Waals surface area contributed by atoms with Gasteiger partial charge in [0.15, 0.2) is 0 Å². The van der Waals surface area contributed by atoms with Gasteiger partial charge in [0.1, 0.15) is 17.2 Å². The summed E-state index contributed by atoms with van der Waals surface area (Å²) in [5.74, 6) is -3.90. The Labute approximate surface area is 142 Å². The second-order valence-electron chi connectivity index (χ2n) is 5.29. The second kappa shape index (κ2) is 6.64. The van der Waals surface area contributed by atoms with Crippen molar-refractivity contribution in [1.29, 1.82) is 0 Å². The molecule has 0 radical (unpaired) electrons. The molecule has 0 spiro atoms. The number of nitrogens with zero attached hydrogens (tertiary/aromatic N) is 3. The van der Waals surface area contributed by atoms with Crippen molar-refractivity contribution in [1.82, 2.24) is 9.97 Å². The van der Waals surface area contributed by atoms with Crippen molar-refractivity contribution in [3.8, 4) is 11.3 Å². The van der Waals surface area contributed by atoms with Crippen molar-refractivity contribution < 1.29 is 18.7 Å². The molecule has 0 saturated heterocycles. The molecule has 0 aliphatic carbocycles. The van der Waals surface area contributed by atoms with Gasteiger partial charge in [-0.15, -0.1) is 0 Å². The molecule has 1 aromatic carbocycles. The van der Waals surface area contributed by atoms with E-state index < -0.39 is 23.2 Å². The van der Waals surface area contributed by atoms with Crippen LogP contribution >= 0.6 is 0 Å². The summed E-state index contributed by atoms with van der Waals surface area (Å²) in [5, 5.41) is 8.82. The normalized spacial score (nSPS) is 10.5. The Morgan fingerprint density at radius 1 is 1.04 bits per heavy atom. The van der Waals surface area contributed by atoms with Crippen LogP contribution in [0.5, 0.6) is 0 Å². The van der Waals surface area contributed by atoms with E-state index in [0.29, 0.717) is 5.69 Å². The lowest BCUT2D eigenvalue weighted by Gasteiger charge is -2.20. The van der Waals surface area contributed by atoms with Crippen LogP contribution in [-0.4, -0.2) is 28.1 Å². The Hall–Kier alpha value is -3.35. The lowest BCUT2D eigenvalue weighted by molar-refractivity contribution is 0.0686. The first-order valence-electron chi connectivity index (χ1n) is 7.30. The van der Waals surface area contributed by atoms with Crippen molar-refractivity contribution in [2.24, 2.45) is 0 Å². The van der Waals surface area contributed by atoms with Crippen LogP contribution in [0.2, 0.25) is 0 Å². The lowest BCUT2D eigenvalue weighted by Crippen LogP contribution is -2.13. The van der Waals surface area contributed by atoms with Gasteiger partial charge < -0.3 is 10.0 Å². The van der Waals surface area contributed by atoms with E-state index in [1.54, 1.807) is 37.8 Å². The molecule has 0 unspecified atom stereocenters. The predicted molar refractivity (Wildman–Crippen MR) is 88.8 cm³/mol. The Bertz CT molecular complexity index is 892. The van der Waals surface area contributed by atoms with E-state index in [-0.39, 0.29) is 5.69 Å². The fourth-order valence-corrected chi connectivity index (χ4v) is 2.38. The molecule has 0 aliphatic heterocycles. The van der Waals surface area contributed by atoms with E-state index >= 15 is 0 Å². The van der Waals surface area contributed by atoms with Crippen LogP contribution in [0.1, 0.15) is 10.4 Å². The molecule has 3 aromatic rings. The highest BCUT2D eigenvalue weighted by atomic mass is 19.1. The molecule has 2 heterocycles. The molecule has 3 rings (SSSR count). The topological polar surface area (TPSA) is 66.3 Å². The number of rotatable bonds is 4. The monoisotopic (exact) mass is 341 g/mol. The maximum absolute atomic E-state index is 13.9. The number of hydrogen-bond acceptors (Lipinski definition) is 4. The minimum atomic E-state index is -1.65. The van der Waals surface area contributed by atoms with E-state index in [1.165, 1.54) is 4.90 Å². The third-order valence-electron chi connectivity index (χ3n) is 3.74. The maximum atomic E-state index is 13.9. The second-order valence-corrected chi connectivity index (χ2v) is 5.29. The van der Waals surface area contributed by atoms with Crippen LogP contribution in [0.25, 0.3) is 11.3 Å². The van der Waals surface area contributed by atoms with E-state index in [4.69, 9.17) is 5.11 Å². The summed E-state index contributed by atoms with van der Waals surface area (Å²) in [6.45, 7) is 0. The molecule has 0 amide bonds. The van der Waals surface area contributed by atoms with Gasteiger partial charge in [0, 0.05) is 30.7 Å². The number of benzene rings is 1. The standard InChI is InChI=1S/C18H13F2N3O2/c1-23(13-8-14(19)17(18(24)25)15(20)9-13)12-2-3-16(22-10-12)11-4-6-21-7-5-11/h2-10H,1H3,(H,24,25). The van der Waals surface area contributed by atoms with Gasteiger partial charge in [-0.1, -0.05) is 0 Å². The van der Waals surface area contributed by atoms with Gasteiger partial charge >= 0.3 is 5.97 Å². The van der Waals surface area contributed by atoms with E-state index in [2.05, 4.69) is 9.97 Å². The molecule has 0 aliphatic rings. The molecule has 126 valence electrons. The van der Waals surface area contributed by atoms with Crippen LogP contribution < -0.4 is 4.90 Å². The van der Waals surface area contributed by atoms with Crippen molar-refractivity contribution in [3.63, 3.8) is 0 Å². The Morgan fingerprint density at radius 2 is 1.68 bits per heavy atom. The van der Waals surface area contributed by atoms with Crippen LogP contribution in [-0.2, 0) is 0 Å². The van der Waals surface area contributed by atoms with Gasteiger partial charge in [0.2, 0.25) is 0 Å². The highest BCUT2D eigenvalue weighted by molar-refractivity contribution is 5.89. The summed E-state index contributed by atoms with van der Waals surface area (Å²) in [6, 6.07) is 9.12. The molecule has 25 heavy (non-hydrogen) atoms. The number of hydrogen-bond donors (Lipinski definition) is 1. The first-order valence-corrected chi connectivity index (χ1v) is 7.30. The predicted octanol–water partition coefficient (Wildman–Crippen LogP) is 3.89. The summed E-state index contributed by atoms with van der Waals surface area (Å²) in [7, 11) is 1.61.